The summed E-state index contributed by atoms with van der Waals surface area (Å²) in [6.45, 7) is 2.53. The number of rotatable bonds is 5. The molecule has 9 heteroatoms. The lowest BCUT2D eigenvalue weighted by atomic mass is 9.92. The van der Waals surface area contributed by atoms with Crippen LogP contribution >= 0.6 is 0 Å². The Hall–Kier alpha value is -3.98. The summed E-state index contributed by atoms with van der Waals surface area (Å²) in [5, 5.41) is 2.76. The number of carbonyl (C=O) groups is 3. The lowest BCUT2D eigenvalue weighted by Crippen LogP contribution is -2.58. The Bertz CT molecular complexity index is 1240. The molecule has 3 amide bonds. The minimum absolute atomic E-state index is 0.0974. The van der Waals surface area contributed by atoms with Crippen LogP contribution in [0.1, 0.15) is 21.7 Å². The van der Waals surface area contributed by atoms with Crippen molar-refractivity contribution in [2.45, 2.75) is 19.0 Å². The summed E-state index contributed by atoms with van der Waals surface area (Å²) in [5.74, 6) is -0.742. The third kappa shape index (κ3) is 5.16. The van der Waals surface area contributed by atoms with E-state index in [2.05, 4.69) is 5.32 Å². The van der Waals surface area contributed by atoms with Gasteiger partial charge in [-0.05, 0) is 47.5 Å². The van der Waals surface area contributed by atoms with Gasteiger partial charge < -0.3 is 19.5 Å². The first-order valence-electron chi connectivity index (χ1n) is 12.0. The molecule has 1 unspecified atom stereocenters. The van der Waals surface area contributed by atoms with Crippen molar-refractivity contribution >= 4 is 23.4 Å². The van der Waals surface area contributed by atoms with Crippen LogP contribution in [-0.4, -0.2) is 71.2 Å². The average Bonchev–Trinajstić information content (AvgIpc) is 3.44. The van der Waals surface area contributed by atoms with Crippen LogP contribution in [0.15, 0.2) is 71.3 Å². The van der Waals surface area contributed by atoms with Crippen molar-refractivity contribution in [2.24, 2.45) is 0 Å². The molecule has 1 aromatic heterocycles. The van der Waals surface area contributed by atoms with Crippen molar-refractivity contribution in [1.29, 1.82) is 0 Å². The Morgan fingerprint density at radius 2 is 1.64 bits per heavy atom. The Balaban J connectivity index is 1.22. The fourth-order valence-electron chi connectivity index (χ4n) is 4.77. The molecule has 1 N–H and O–H groups in total. The van der Waals surface area contributed by atoms with Gasteiger partial charge in [0.15, 0.2) is 5.76 Å². The number of fused-ring (bicyclic) bond motifs is 1. The Morgan fingerprint density at radius 1 is 0.917 bits per heavy atom. The fourth-order valence-corrected chi connectivity index (χ4v) is 4.77. The first-order chi connectivity index (χ1) is 17.5. The van der Waals surface area contributed by atoms with Crippen LogP contribution in [0.4, 0.5) is 10.1 Å². The third-order valence-corrected chi connectivity index (χ3v) is 6.71. The van der Waals surface area contributed by atoms with Crippen molar-refractivity contribution in [3.63, 3.8) is 0 Å². The molecule has 2 aromatic carbocycles. The Kier molecular flexibility index (Phi) is 6.81. The van der Waals surface area contributed by atoms with Gasteiger partial charge in [-0.1, -0.05) is 24.3 Å². The molecule has 0 saturated carbocycles. The predicted octanol–water partition coefficient (Wildman–Crippen LogP) is 2.77. The fraction of sp³-hybridized carbons (Fsp3) is 0.296. The largest absolute Gasteiger partial charge is 0.459 e. The highest BCUT2D eigenvalue weighted by Gasteiger charge is 2.38. The highest BCUT2D eigenvalue weighted by atomic mass is 19.1. The van der Waals surface area contributed by atoms with E-state index in [-0.39, 0.29) is 35.8 Å². The molecule has 3 aromatic rings. The van der Waals surface area contributed by atoms with Gasteiger partial charge in [0.25, 0.3) is 5.91 Å². The topological polar surface area (TPSA) is 86.1 Å². The maximum Gasteiger partial charge on any atom is 0.290 e. The molecule has 0 spiro atoms. The van der Waals surface area contributed by atoms with E-state index in [9.17, 15) is 18.8 Å². The van der Waals surface area contributed by atoms with Crippen LogP contribution in [0.3, 0.4) is 0 Å². The molecule has 186 valence electrons. The molecule has 3 heterocycles. The molecule has 2 aliphatic rings. The van der Waals surface area contributed by atoms with Gasteiger partial charge in [-0.2, -0.15) is 0 Å². The van der Waals surface area contributed by atoms with Gasteiger partial charge in [0.1, 0.15) is 11.9 Å². The molecule has 1 atom stereocenters. The summed E-state index contributed by atoms with van der Waals surface area (Å²) in [5.41, 5.74) is 2.63. The van der Waals surface area contributed by atoms with E-state index in [0.29, 0.717) is 44.8 Å². The summed E-state index contributed by atoms with van der Waals surface area (Å²) in [6.07, 6.45) is 1.90. The van der Waals surface area contributed by atoms with Gasteiger partial charge in [-0.15, -0.1) is 0 Å². The van der Waals surface area contributed by atoms with Gasteiger partial charge in [0.2, 0.25) is 11.8 Å². The molecule has 0 bridgehead atoms. The zero-order chi connectivity index (χ0) is 25.1. The van der Waals surface area contributed by atoms with Gasteiger partial charge in [-0.25, -0.2) is 4.39 Å². The van der Waals surface area contributed by atoms with Gasteiger partial charge >= 0.3 is 0 Å². The van der Waals surface area contributed by atoms with Crippen molar-refractivity contribution in [2.75, 3.05) is 38.0 Å². The SMILES string of the molecule is O=C(CN1CCN(C(=O)C2Cc3ccccc3CN2C(=O)c2ccco2)CC1)Nc1ccc(F)cc1. The van der Waals surface area contributed by atoms with E-state index in [4.69, 9.17) is 4.42 Å². The van der Waals surface area contributed by atoms with Crippen molar-refractivity contribution in [3.8, 4) is 0 Å². The van der Waals surface area contributed by atoms with Crippen LogP contribution < -0.4 is 5.32 Å². The molecule has 2 aliphatic heterocycles. The van der Waals surface area contributed by atoms with Gasteiger partial charge in [0.05, 0.1) is 12.8 Å². The number of furan rings is 1. The second kappa shape index (κ2) is 10.3. The molecular weight excluding hydrogens is 463 g/mol. The highest BCUT2D eigenvalue weighted by Crippen LogP contribution is 2.26. The molecule has 1 fully saturated rings. The highest BCUT2D eigenvalue weighted by molar-refractivity contribution is 5.96. The first kappa shape index (κ1) is 23.7. The Labute approximate surface area is 208 Å². The molecule has 5 rings (SSSR count). The number of carbonyl (C=O) groups excluding carboxylic acids is 3. The number of piperazine rings is 1. The smallest absolute Gasteiger partial charge is 0.290 e. The van der Waals surface area contributed by atoms with Crippen molar-refractivity contribution in [3.05, 3.63) is 89.6 Å². The van der Waals surface area contributed by atoms with Crippen molar-refractivity contribution < 1.29 is 23.2 Å². The van der Waals surface area contributed by atoms with Crippen LogP contribution in [-0.2, 0) is 22.6 Å². The zero-order valence-corrected chi connectivity index (χ0v) is 19.7. The quantitative estimate of drug-likeness (QED) is 0.595. The van der Waals surface area contributed by atoms with E-state index < -0.39 is 6.04 Å². The third-order valence-electron chi connectivity index (χ3n) is 6.71. The lowest BCUT2D eigenvalue weighted by molar-refractivity contribution is -0.138. The molecular formula is C27H27FN4O4. The standard InChI is InChI=1S/C27H27FN4O4/c28-21-7-9-22(10-8-21)29-25(33)18-30-11-13-31(14-12-30)26(34)23-16-19-4-1-2-5-20(19)17-32(23)27(35)24-6-3-15-36-24/h1-10,15,23H,11-14,16-18H2,(H,29,33). The lowest BCUT2D eigenvalue weighted by Gasteiger charge is -2.41. The first-order valence-corrected chi connectivity index (χ1v) is 12.0. The maximum atomic E-state index is 13.6. The summed E-state index contributed by atoms with van der Waals surface area (Å²) < 4.78 is 18.4. The van der Waals surface area contributed by atoms with Gasteiger partial charge in [-0.3, -0.25) is 19.3 Å². The van der Waals surface area contributed by atoms with Crippen LogP contribution in [0, 0.1) is 5.82 Å². The molecule has 36 heavy (non-hydrogen) atoms. The zero-order valence-electron chi connectivity index (χ0n) is 19.7. The number of nitrogens with one attached hydrogen (secondary N) is 1. The second-order valence-corrected chi connectivity index (χ2v) is 9.06. The number of hydrogen-bond acceptors (Lipinski definition) is 5. The molecule has 0 radical (unpaired) electrons. The Morgan fingerprint density at radius 3 is 2.33 bits per heavy atom. The van der Waals surface area contributed by atoms with E-state index in [1.54, 1.807) is 21.9 Å². The van der Waals surface area contributed by atoms with Gasteiger partial charge in [0, 0.05) is 44.8 Å². The van der Waals surface area contributed by atoms with Crippen molar-refractivity contribution in [1.82, 2.24) is 14.7 Å². The summed E-state index contributed by atoms with van der Waals surface area (Å²) in [6, 6.07) is 16.1. The number of halogens is 1. The number of amides is 3. The molecule has 8 nitrogen and oxygen atoms in total. The van der Waals surface area contributed by atoms with Crippen LogP contribution in [0.25, 0.3) is 0 Å². The number of anilines is 1. The number of nitrogens with zero attached hydrogens (tertiary/aromatic N) is 3. The van der Waals surface area contributed by atoms with Crippen LogP contribution in [0.2, 0.25) is 0 Å². The minimum atomic E-state index is -0.620. The predicted molar refractivity (Wildman–Crippen MR) is 131 cm³/mol. The summed E-state index contributed by atoms with van der Waals surface area (Å²) >= 11 is 0. The average molecular weight is 491 g/mol. The number of hydrogen-bond donors (Lipinski definition) is 1. The van der Waals surface area contributed by atoms with E-state index in [1.165, 1.54) is 30.5 Å². The molecule has 0 aliphatic carbocycles. The second-order valence-electron chi connectivity index (χ2n) is 9.06. The summed E-state index contributed by atoms with van der Waals surface area (Å²) in [4.78, 5) is 44.6. The molecule has 1 saturated heterocycles. The monoisotopic (exact) mass is 490 g/mol. The van der Waals surface area contributed by atoms with E-state index in [0.717, 1.165) is 11.1 Å². The summed E-state index contributed by atoms with van der Waals surface area (Å²) in [7, 11) is 0. The van der Waals surface area contributed by atoms with E-state index in [1.807, 2.05) is 29.2 Å². The minimum Gasteiger partial charge on any atom is -0.459 e. The maximum absolute atomic E-state index is 13.6. The van der Waals surface area contributed by atoms with E-state index >= 15 is 0 Å². The normalized spacial score (nSPS) is 18.0. The number of benzene rings is 2. The van der Waals surface area contributed by atoms with Crippen LogP contribution in [0.5, 0.6) is 0 Å².